The van der Waals surface area contributed by atoms with Gasteiger partial charge in [-0.3, -0.25) is 4.79 Å². The lowest BCUT2D eigenvalue weighted by atomic mass is 10.1. The number of hydrogen-bond donors (Lipinski definition) is 0. The lowest BCUT2D eigenvalue weighted by Crippen LogP contribution is -2.13. The van der Waals surface area contributed by atoms with E-state index in [9.17, 15) is 4.79 Å². The molecule has 0 heterocycles. The number of benzene rings is 2. The second-order valence-corrected chi connectivity index (χ2v) is 5.80. The minimum atomic E-state index is -0.313. The van der Waals surface area contributed by atoms with E-state index in [2.05, 4.69) is 0 Å². The summed E-state index contributed by atoms with van der Waals surface area (Å²) in [6, 6.07) is 17.6. The summed E-state index contributed by atoms with van der Waals surface area (Å²) in [4.78, 5) is 12.2. The van der Waals surface area contributed by atoms with E-state index in [1.54, 1.807) is 18.9 Å². The molecule has 1 atom stereocenters. The van der Waals surface area contributed by atoms with Crippen molar-refractivity contribution in [3.8, 4) is 5.75 Å². The molecule has 0 saturated carbocycles. The summed E-state index contributed by atoms with van der Waals surface area (Å²) < 4.78 is 10.4. The van der Waals surface area contributed by atoms with Crippen LogP contribution in [0.2, 0.25) is 0 Å². The van der Waals surface area contributed by atoms with Gasteiger partial charge in [-0.1, -0.05) is 42.5 Å². The van der Waals surface area contributed by atoms with Crippen LogP contribution in [0.1, 0.15) is 23.3 Å². The van der Waals surface area contributed by atoms with Crippen molar-refractivity contribution in [3.63, 3.8) is 0 Å². The van der Waals surface area contributed by atoms with E-state index < -0.39 is 0 Å². The fraction of sp³-hybridized carbons (Fsp3) is 0.278. The van der Waals surface area contributed by atoms with E-state index in [-0.39, 0.29) is 11.2 Å². The molecule has 0 aromatic heterocycles. The number of carbonyl (C=O) groups is 1. The molecule has 0 amide bonds. The molecular formula is C18H20O3S. The third-order valence-corrected chi connectivity index (χ3v) is 4.45. The average molecular weight is 316 g/mol. The molecule has 0 aliphatic heterocycles. The lowest BCUT2D eigenvalue weighted by molar-refractivity contribution is -0.142. The zero-order chi connectivity index (χ0) is 15.8. The number of methoxy groups -OCH3 is 1. The predicted molar refractivity (Wildman–Crippen MR) is 90.1 cm³/mol. The van der Waals surface area contributed by atoms with E-state index in [1.165, 1.54) is 0 Å². The van der Waals surface area contributed by atoms with Gasteiger partial charge in [0.2, 0.25) is 0 Å². The third-order valence-electron chi connectivity index (χ3n) is 3.15. The highest BCUT2D eigenvalue weighted by atomic mass is 32.2. The van der Waals surface area contributed by atoms with Crippen molar-refractivity contribution in [2.45, 2.75) is 17.9 Å². The predicted octanol–water partition coefficient (Wildman–Crippen LogP) is 4.23. The maximum atomic E-state index is 12.2. The van der Waals surface area contributed by atoms with E-state index in [1.807, 2.05) is 61.5 Å². The van der Waals surface area contributed by atoms with Gasteiger partial charge in [0.1, 0.15) is 11.0 Å². The van der Waals surface area contributed by atoms with Gasteiger partial charge in [-0.05, 0) is 30.2 Å². The van der Waals surface area contributed by atoms with Crippen molar-refractivity contribution in [3.05, 3.63) is 65.7 Å². The summed E-state index contributed by atoms with van der Waals surface area (Å²) in [6.45, 7) is 2.22. The Bertz CT molecular complexity index is 598. The van der Waals surface area contributed by atoms with Crippen molar-refractivity contribution < 1.29 is 14.3 Å². The van der Waals surface area contributed by atoms with E-state index in [0.29, 0.717) is 6.61 Å². The van der Waals surface area contributed by atoms with Gasteiger partial charge >= 0.3 is 5.97 Å². The zero-order valence-electron chi connectivity index (χ0n) is 12.8. The van der Waals surface area contributed by atoms with E-state index in [0.717, 1.165) is 22.6 Å². The summed E-state index contributed by atoms with van der Waals surface area (Å²) in [7, 11) is 1.65. The molecule has 0 bridgehead atoms. The van der Waals surface area contributed by atoms with Crippen LogP contribution in [0.15, 0.2) is 54.6 Å². The van der Waals surface area contributed by atoms with Gasteiger partial charge < -0.3 is 9.47 Å². The Labute approximate surface area is 135 Å². The highest BCUT2D eigenvalue weighted by molar-refractivity contribution is 7.99. The van der Waals surface area contributed by atoms with Gasteiger partial charge in [0, 0.05) is 5.75 Å². The molecule has 2 aromatic rings. The number of carbonyl (C=O) groups excluding carboxylic acids is 1. The zero-order valence-corrected chi connectivity index (χ0v) is 13.6. The molecule has 4 heteroatoms. The second kappa shape index (κ2) is 8.49. The summed E-state index contributed by atoms with van der Waals surface area (Å²) in [6.07, 6.45) is 0. The van der Waals surface area contributed by atoms with Crippen LogP contribution >= 0.6 is 11.8 Å². The van der Waals surface area contributed by atoms with Crippen LogP contribution in [0.3, 0.4) is 0 Å². The normalized spacial score (nSPS) is 11.7. The quantitative estimate of drug-likeness (QED) is 0.716. The van der Waals surface area contributed by atoms with Crippen molar-refractivity contribution in [2.24, 2.45) is 0 Å². The molecule has 3 nitrogen and oxygen atoms in total. The smallest absolute Gasteiger partial charge is 0.323 e. The van der Waals surface area contributed by atoms with Crippen LogP contribution in [-0.2, 0) is 15.3 Å². The Morgan fingerprint density at radius 3 is 2.59 bits per heavy atom. The van der Waals surface area contributed by atoms with Gasteiger partial charge in [0.05, 0.1) is 13.7 Å². The average Bonchev–Trinajstić information content (AvgIpc) is 2.56. The van der Waals surface area contributed by atoms with Crippen LogP contribution in [0, 0.1) is 0 Å². The van der Waals surface area contributed by atoms with Gasteiger partial charge in [-0.2, -0.15) is 0 Å². The van der Waals surface area contributed by atoms with Crippen LogP contribution in [0.5, 0.6) is 5.75 Å². The molecule has 0 aliphatic rings. The summed E-state index contributed by atoms with van der Waals surface area (Å²) >= 11 is 1.56. The van der Waals surface area contributed by atoms with Gasteiger partial charge in [0.25, 0.3) is 0 Å². The Morgan fingerprint density at radius 2 is 1.91 bits per heavy atom. The molecule has 2 rings (SSSR count). The maximum absolute atomic E-state index is 12.2. The number of thioether (sulfide) groups is 1. The van der Waals surface area contributed by atoms with E-state index in [4.69, 9.17) is 9.47 Å². The van der Waals surface area contributed by atoms with Crippen molar-refractivity contribution in [2.75, 3.05) is 13.7 Å². The molecule has 0 aliphatic carbocycles. The largest absolute Gasteiger partial charge is 0.497 e. The summed E-state index contributed by atoms with van der Waals surface area (Å²) in [5, 5.41) is -0.313. The lowest BCUT2D eigenvalue weighted by Gasteiger charge is -2.16. The van der Waals surface area contributed by atoms with Crippen LogP contribution in [0.4, 0.5) is 0 Å². The van der Waals surface area contributed by atoms with Crippen LogP contribution in [-0.4, -0.2) is 19.7 Å². The maximum Gasteiger partial charge on any atom is 0.323 e. The minimum absolute atomic E-state index is 0.193. The molecule has 0 saturated heterocycles. The Hall–Kier alpha value is -1.94. The molecule has 1 unspecified atom stereocenters. The van der Waals surface area contributed by atoms with Crippen LogP contribution < -0.4 is 4.74 Å². The monoisotopic (exact) mass is 316 g/mol. The Morgan fingerprint density at radius 1 is 1.14 bits per heavy atom. The van der Waals surface area contributed by atoms with E-state index >= 15 is 0 Å². The molecule has 0 N–H and O–H groups in total. The topological polar surface area (TPSA) is 35.5 Å². The van der Waals surface area contributed by atoms with Crippen molar-refractivity contribution >= 4 is 17.7 Å². The molecule has 0 spiro atoms. The molecule has 116 valence electrons. The van der Waals surface area contributed by atoms with Crippen molar-refractivity contribution in [1.82, 2.24) is 0 Å². The van der Waals surface area contributed by atoms with Gasteiger partial charge in [-0.15, -0.1) is 11.8 Å². The number of rotatable bonds is 7. The number of ether oxygens (including phenoxy) is 2. The second-order valence-electron chi connectivity index (χ2n) is 4.71. The summed E-state index contributed by atoms with van der Waals surface area (Å²) in [5.74, 6) is 1.35. The first-order chi connectivity index (χ1) is 10.7. The SMILES string of the molecule is CCOC(=O)C(SCc1cccc(OC)c1)c1ccccc1. The van der Waals surface area contributed by atoms with Gasteiger partial charge in [-0.25, -0.2) is 0 Å². The molecule has 0 radical (unpaired) electrons. The minimum Gasteiger partial charge on any atom is -0.497 e. The first kappa shape index (κ1) is 16.4. The van der Waals surface area contributed by atoms with Gasteiger partial charge in [0.15, 0.2) is 0 Å². The summed E-state index contributed by atoms with van der Waals surface area (Å²) in [5.41, 5.74) is 2.09. The standard InChI is InChI=1S/C18H20O3S/c1-3-21-18(19)17(15-9-5-4-6-10-15)22-13-14-8-7-11-16(12-14)20-2/h4-12,17H,3,13H2,1-2H3. The fourth-order valence-corrected chi connectivity index (χ4v) is 3.18. The van der Waals surface area contributed by atoms with Crippen molar-refractivity contribution in [1.29, 1.82) is 0 Å². The highest BCUT2D eigenvalue weighted by Crippen LogP contribution is 2.33. The van der Waals surface area contributed by atoms with Crippen LogP contribution in [0.25, 0.3) is 0 Å². The first-order valence-electron chi connectivity index (χ1n) is 7.20. The highest BCUT2D eigenvalue weighted by Gasteiger charge is 2.22. The molecule has 0 fully saturated rings. The number of esters is 1. The fourth-order valence-electron chi connectivity index (χ4n) is 2.09. The third kappa shape index (κ3) is 4.53. The number of hydrogen-bond acceptors (Lipinski definition) is 4. The Balaban J connectivity index is 2.11. The molecule has 2 aromatic carbocycles. The molecular weight excluding hydrogens is 296 g/mol. The Kier molecular flexibility index (Phi) is 6.34. The molecule has 22 heavy (non-hydrogen) atoms. The first-order valence-corrected chi connectivity index (χ1v) is 8.25.